The quantitative estimate of drug-likeness (QED) is 0.658. The Balaban J connectivity index is 2.28. The van der Waals surface area contributed by atoms with Crippen LogP contribution < -0.4 is 5.32 Å². The zero-order valence-electron chi connectivity index (χ0n) is 8.43. The number of rotatable bonds is 2. The number of hydrogen-bond acceptors (Lipinski definition) is 2. The maximum Gasteiger partial charge on any atom is 0.0584 e. The van der Waals surface area contributed by atoms with Crippen LogP contribution in [-0.4, -0.2) is 24.3 Å². The topological polar surface area (TPSA) is 32.3 Å². The molecular formula is C10H21NO. The summed E-state index contributed by atoms with van der Waals surface area (Å²) in [6.07, 6.45) is 2.41. The summed E-state index contributed by atoms with van der Waals surface area (Å²) in [5, 5.41) is 12.2. The first-order valence-corrected chi connectivity index (χ1v) is 4.85. The highest BCUT2D eigenvalue weighted by molar-refractivity contribution is 4.83. The summed E-state index contributed by atoms with van der Waals surface area (Å²) in [6.45, 7) is 8.21. The lowest BCUT2D eigenvalue weighted by Crippen LogP contribution is -2.24. The Morgan fingerprint density at radius 2 is 2.08 bits per heavy atom. The highest BCUT2D eigenvalue weighted by atomic mass is 16.3. The Morgan fingerprint density at radius 3 is 2.50 bits per heavy atom. The normalized spacial score (nSPS) is 31.0. The first kappa shape index (κ1) is 10.0. The Hall–Kier alpha value is -0.0800. The van der Waals surface area contributed by atoms with E-state index in [-0.39, 0.29) is 0 Å². The van der Waals surface area contributed by atoms with Crippen molar-refractivity contribution in [3.05, 3.63) is 0 Å². The molecule has 2 N–H and O–H groups in total. The summed E-state index contributed by atoms with van der Waals surface area (Å²) in [4.78, 5) is 0. The summed E-state index contributed by atoms with van der Waals surface area (Å²) >= 11 is 0. The van der Waals surface area contributed by atoms with E-state index in [9.17, 15) is 0 Å². The van der Waals surface area contributed by atoms with Crippen molar-refractivity contribution in [3.63, 3.8) is 0 Å². The van der Waals surface area contributed by atoms with E-state index in [4.69, 9.17) is 5.11 Å². The van der Waals surface area contributed by atoms with Crippen LogP contribution in [0.3, 0.4) is 0 Å². The van der Waals surface area contributed by atoms with Gasteiger partial charge in [0.25, 0.3) is 0 Å². The van der Waals surface area contributed by atoms with Gasteiger partial charge in [0, 0.05) is 6.04 Å². The first-order chi connectivity index (χ1) is 5.51. The van der Waals surface area contributed by atoms with Crippen molar-refractivity contribution in [2.75, 3.05) is 13.2 Å². The summed E-state index contributed by atoms with van der Waals surface area (Å²) in [5.74, 6) is 0.766. The third kappa shape index (κ3) is 3.11. The number of nitrogens with one attached hydrogen (secondary N) is 1. The minimum Gasteiger partial charge on any atom is -0.395 e. The largest absolute Gasteiger partial charge is 0.395 e. The maximum absolute atomic E-state index is 8.92. The van der Waals surface area contributed by atoms with Crippen molar-refractivity contribution >= 4 is 0 Å². The van der Waals surface area contributed by atoms with E-state index < -0.39 is 0 Å². The van der Waals surface area contributed by atoms with Gasteiger partial charge in [0.15, 0.2) is 0 Å². The van der Waals surface area contributed by atoms with E-state index in [1.807, 2.05) is 0 Å². The Morgan fingerprint density at radius 1 is 1.42 bits per heavy atom. The minimum atomic E-state index is 0.292. The van der Waals surface area contributed by atoms with Gasteiger partial charge in [0.05, 0.1) is 6.61 Å². The van der Waals surface area contributed by atoms with Crippen LogP contribution in [0.25, 0.3) is 0 Å². The molecule has 12 heavy (non-hydrogen) atoms. The van der Waals surface area contributed by atoms with E-state index in [1.165, 1.54) is 6.42 Å². The van der Waals surface area contributed by atoms with E-state index in [0.717, 1.165) is 18.9 Å². The molecule has 0 bridgehead atoms. The first-order valence-electron chi connectivity index (χ1n) is 4.85. The van der Waals surface area contributed by atoms with E-state index in [0.29, 0.717) is 18.1 Å². The fourth-order valence-electron chi connectivity index (χ4n) is 2.06. The molecule has 0 aliphatic carbocycles. The zero-order valence-corrected chi connectivity index (χ0v) is 8.43. The van der Waals surface area contributed by atoms with E-state index >= 15 is 0 Å². The standard InChI is InChI=1S/C10H21NO/c1-10(2,3)5-8-4-9(7-12)11-6-8/h8-9,11-12H,4-7H2,1-3H3. The molecule has 1 heterocycles. The molecule has 0 spiro atoms. The van der Waals surface area contributed by atoms with Crippen molar-refractivity contribution in [1.29, 1.82) is 0 Å². The summed E-state index contributed by atoms with van der Waals surface area (Å²) in [7, 11) is 0. The molecule has 0 amide bonds. The van der Waals surface area contributed by atoms with Gasteiger partial charge in [-0.05, 0) is 30.7 Å². The van der Waals surface area contributed by atoms with Crippen LogP contribution >= 0.6 is 0 Å². The molecule has 0 radical (unpaired) electrons. The molecule has 1 aliphatic heterocycles. The summed E-state index contributed by atoms with van der Waals surface area (Å²) in [5.41, 5.74) is 0.427. The third-order valence-electron chi connectivity index (χ3n) is 2.43. The van der Waals surface area contributed by atoms with Gasteiger partial charge in [-0.25, -0.2) is 0 Å². The van der Waals surface area contributed by atoms with Crippen LogP contribution in [0, 0.1) is 11.3 Å². The monoisotopic (exact) mass is 171 g/mol. The average Bonchev–Trinajstić information content (AvgIpc) is 2.32. The molecule has 1 saturated heterocycles. The van der Waals surface area contributed by atoms with Crippen LogP contribution in [-0.2, 0) is 0 Å². The second kappa shape index (κ2) is 3.75. The van der Waals surface area contributed by atoms with E-state index in [1.54, 1.807) is 0 Å². The van der Waals surface area contributed by atoms with Crippen LogP contribution in [0.4, 0.5) is 0 Å². The second-order valence-corrected chi connectivity index (χ2v) is 5.15. The molecule has 2 unspecified atom stereocenters. The molecular weight excluding hydrogens is 150 g/mol. The van der Waals surface area contributed by atoms with Gasteiger partial charge < -0.3 is 10.4 Å². The maximum atomic E-state index is 8.92. The lowest BCUT2D eigenvalue weighted by atomic mass is 9.84. The average molecular weight is 171 g/mol. The van der Waals surface area contributed by atoms with Crippen LogP contribution in [0.5, 0.6) is 0 Å². The van der Waals surface area contributed by atoms with Crippen LogP contribution in [0.2, 0.25) is 0 Å². The van der Waals surface area contributed by atoms with Gasteiger partial charge in [-0.2, -0.15) is 0 Å². The predicted molar refractivity (Wildman–Crippen MR) is 51.1 cm³/mol. The summed E-state index contributed by atoms with van der Waals surface area (Å²) < 4.78 is 0. The Labute approximate surface area is 75.4 Å². The SMILES string of the molecule is CC(C)(C)CC1CNC(CO)C1. The fourth-order valence-corrected chi connectivity index (χ4v) is 2.06. The molecule has 1 fully saturated rings. The van der Waals surface area contributed by atoms with Gasteiger partial charge in [-0.15, -0.1) is 0 Å². The fraction of sp³-hybridized carbons (Fsp3) is 1.00. The third-order valence-corrected chi connectivity index (χ3v) is 2.43. The second-order valence-electron chi connectivity index (χ2n) is 5.15. The van der Waals surface area contributed by atoms with Crippen molar-refractivity contribution in [2.24, 2.45) is 11.3 Å². The number of hydrogen-bond donors (Lipinski definition) is 2. The summed E-state index contributed by atoms with van der Waals surface area (Å²) in [6, 6.07) is 0.359. The molecule has 2 heteroatoms. The molecule has 0 saturated carbocycles. The number of aliphatic hydroxyl groups is 1. The minimum absolute atomic E-state index is 0.292. The molecule has 72 valence electrons. The highest BCUT2D eigenvalue weighted by Gasteiger charge is 2.26. The molecule has 0 aromatic heterocycles. The molecule has 2 nitrogen and oxygen atoms in total. The lowest BCUT2D eigenvalue weighted by Gasteiger charge is -2.22. The smallest absolute Gasteiger partial charge is 0.0584 e. The van der Waals surface area contributed by atoms with Crippen molar-refractivity contribution in [2.45, 2.75) is 39.7 Å². The lowest BCUT2D eigenvalue weighted by molar-refractivity contribution is 0.246. The predicted octanol–water partition coefficient (Wildman–Crippen LogP) is 1.39. The highest BCUT2D eigenvalue weighted by Crippen LogP contribution is 2.29. The van der Waals surface area contributed by atoms with E-state index in [2.05, 4.69) is 26.1 Å². The van der Waals surface area contributed by atoms with Crippen LogP contribution in [0.15, 0.2) is 0 Å². The van der Waals surface area contributed by atoms with Crippen LogP contribution in [0.1, 0.15) is 33.6 Å². The van der Waals surface area contributed by atoms with Crippen molar-refractivity contribution in [1.82, 2.24) is 5.32 Å². The molecule has 0 aromatic carbocycles. The van der Waals surface area contributed by atoms with Gasteiger partial charge >= 0.3 is 0 Å². The van der Waals surface area contributed by atoms with Crippen molar-refractivity contribution < 1.29 is 5.11 Å². The van der Waals surface area contributed by atoms with Gasteiger partial charge in [0.1, 0.15) is 0 Å². The molecule has 2 atom stereocenters. The number of aliphatic hydroxyl groups excluding tert-OH is 1. The molecule has 0 aromatic rings. The Kier molecular flexibility index (Phi) is 3.13. The Bertz CT molecular complexity index is 139. The molecule has 1 aliphatic rings. The molecule has 1 rings (SSSR count). The van der Waals surface area contributed by atoms with Gasteiger partial charge in [0.2, 0.25) is 0 Å². The van der Waals surface area contributed by atoms with Gasteiger partial charge in [-0.3, -0.25) is 0 Å². The van der Waals surface area contributed by atoms with Gasteiger partial charge in [-0.1, -0.05) is 20.8 Å². The van der Waals surface area contributed by atoms with Crippen molar-refractivity contribution in [3.8, 4) is 0 Å². The zero-order chi connectivity index (χ0) is 9.19.